The Kier molecular flexibility index (Phi) is 2.21. The molecule has 0 saturated carbocycles. The van der Waals surface area contributed by atoms with Crippen molar-refractivity contribution < 1.29 is 4.42 Å². The molecule has 4 nitrogen and oxygen atoms in total. The van der Waals surface area contributed by atoms with Crippen molar-refractivity contribution in [2.45, 2.75) is 13.5 Å². The minimum atomic E-state index is 0.636. The molecular weight excluding hydrogens is 118 g/mol. The van der Waals surface area contributed by atoms with Gasteiger partial charge in [-0.15, -0.1) is 10.2 Å². The van der Waals surface area contributed by atoms with Crippen LogP contribution < -0.4 is 5.32 Å². The van der Waals surface area contributed by atoms with Crippen molar-refractivity contribution in [2.24, 2.45) is 0 Å². The normalized spacial score (nSPS) is 9.89. The molecule has 0 saturated heterocycles. The van der Waals surface area contributed by atoms with Crippen LogP contribution in [0.25, 0.3) is 0 Å². The van der Waals surface area contributed by atoms with Gasteiger partial charge in [0.25, 0.3) is 0 Å². The van der Waals surface area contributed by atoms with Crippen molar-refractivity contribution in [3.63, 3.8) is 0 Å². The standard InChI is InChI=1S/C5H9N3O/c1-2-6-3-5-8-7-4-9-5/h4,6H,2-3H2,1H3. The van der Waals surface area contributed by atoms with E-state index in [1.807, 2.05) is 6.92 Å². The lowest BCUT2D eigenvalue weighted by molar-refractivity contribution is 0.471. The molecule has 0 spiro atoms. The van der Waals surface area contributed by atoms with Crippen molar-refractivity contribution >= 4 is 0 Å². The Morgan fingerprint density at radius 2 is 2.67 bits per heavy atom. The number of rotatable bonds is 3. The van der Waals surface area contributed by atoms with Crippen LogP contribution in [-0.4, -0.2) is 16.7 Å². The molecule has 0 radical (unpaired) electrons. The van der Waals surface area contributed by atoms with Gasteiger partial charge in [-0.3, -0.25) is 0 Å². The summed E-state index contributed by atoms with van der Waals surface area (Å²) >= 11 is 0. The summed E-state index contributed by atoms with van der Waals surface area (Å²) in [6.45, 7) is 3.61. The fourth-order valence-corrected chi connectivity index (χ4v) is 0.505. The molecule has 1 rings (SSSR count). The van der Waals surface area contributed by atoms with E-state index in [0.717, 1.165) is 6.54 Å². The highest BCUT2D eigenvalue weighted by Gasteiger charge is 1.93. The van der Waals surface area contributed by atoms with Gasteiger partial charge in [0.2, 0.25) is 12.3 Å². The van der Waals surface area contributed by atoms with E-state index in [0.29, 0.717) is 12.4 Å². The maximum Gasteiger partial charge on any atom is 0.229 e. The molecule has 0 aliphatic carbocycles. The summed E-state index contributed by atoms with van der Waals surface area (Å²) in [5, 5.41) is 10.2. The van der Waals surface area contributed by atoms with Gasteiger partial charge in [0.15, 0.2) is 0 Å². The average molecular weight is 127 g/mol. The topological polar surface area (TPSA) is 51.0 Å². The quantitative estimate of drug-likeness (QED) is 0.629. The number of hydrogen-bond donors (Lipinski definition) is 1. The maximum absolute atomic E-state index is 4.85. The van der Waals surface area contributed by atoms with Crippen LogP contribution >= 0.6 is 0 Å². The summed E-state index contributed by atoms with van der Waals surface area (Å²) in [5.74, 6) is 0.636. The molecule has 0 unspecified atom stereocenters. The van der Waals surface area contributed by atoms with Crippen LogP contribution in [0.2, 0.25) is 0 Å². The van der Waals surface area contributed by atoms with Crippen LogP contribution in [0.15, 0.2) is 10.8 Å². The van der Waals surface area contributed by atoms with E-state index in [1.54, 1.807) is 0 Å². The summed E-state index contributed by atoms with van der Waals surface area (Å²) in [6, 6.07) is 0. The van der Waals surface area contributed by atoms with Gasteiger partial charge in [-0.05, 0) is 6.54 Å². The molecule has 1 heterocycles. The molecular formula is C5H9N3O. The number of aromatic nitrogens is 2. The first-order chi connectivity index (χ1) is 4.43. The number of nitrogens with one attached hydrogen (secondary N) is 1. The summed E-state index contributed by atoms with van der Waals surface area (Å²) in [5.41, 5.74) is 0. The predicted molar refractivity (Wildman–Crippen MR) is 31.7 cm³/mol. The lowest BCUT2D eigenvalue weighted by Crippen LogP contribution is -2.11. The Morgan fingerprint density at radius 1 is 1.78 bits per heavy atom. The second kappa shape index (κ2) is 3.19. The molecule has 0 amide bonds. The van der Waals surface area contributed by atoms with Gasteiger partial charge in [-0.2, -0.15) is 0 Å². The van der Waals surface area contributed by atoms with E-state index >= 15 is 0 Å². The van der Waals surface area contributed by atoms with Gasteiger partial charge in [0.05, 0.1) is 6.54 Å². The lowest BCUT2D eigenvalue weighted by atomic mass is 10.6. The van der Waals surface area contributed by atoms with Crippen LogP contribution in [0.1, 0.15) is 12.8 Å². The van der Waals surface area contributed by atoms with Crippen molar-refractivity contribution in [1.82, 2.24) is 15.5 Å². The van der Waals surface area contributed by atoms with Crippen LogP contribution in [-0.2, 0) is 6.54 Å². The first-order valence-corrected chi connectivity index (χ1v) is 2.89. The highest BCUT2D eigenvalue weighted by Crippen LogP contribution is 1.87. The molecule has 1 aromatic heterocycles. The van der Waals surface area contributed by atoms with Gasteiger partial charge in [-0.1, -0.05) is 6.92 Å². The Hall–Kier alpha value is -0.900. The third-order valence-corrected chi connectivity index (χ3v) is 0.931. The smallest absolute Gasteiger partial charge is 0.229 e. The van der Waals surface area contributed by atoms with Gasteiger partial charge in [0.1, 0.15) is 0 Å². The second-order valence-corrected chi connectivity index (χ2v) is 1.61. The molecule has 0 aromatic carbocycles. The molecule has 4 heteroatoms. The van der Waals surface area contributed by atoms with Gasteiger partial charge >= 0.3 is 0 Å². The lowest BCUT2D eigenvalue weighted by Gasteiger charge is -1.91. The maximum atomic E-state index is 4.85. The first-order valence-electron chi connectivity index (χ1n) is 2.89. The van der Waals surface area contributed by atoms with Gasteiger partial charge < -0.3 is 9.73 Å². The van der Waals surface area contributed by atoms with Gasteiger partial charge in [0, 0.05) is 0 Å². The van der Waals surface area contributed by atoms with Crippen molar-refractivity contribution in [3.05, 3.63) is 12.3 Å². The Labute approximate surface area is 53.3 Å². The molecule has 0 fully saturated rings. The highest BCUT2D eigenvalue weighted by molar-refractivity contribution is 4.69. The van der Waals surface area contributed by atoms with E-state index < -0.39 is 0 Å². The fraction of sp³-hybridized carbons (Fsp3) is 0.600. The Bertz CT molecular complexity index is 149. The highest BCUT2D eigenvalue weighted by atomic mass is 16.4. The molecule has 0 atom stereocenters. The predicted octanol–water partition coefficient (Wildman–Crippen LogP) is 0.179. The fourth-order valence-electron chi connectivity index (χ4n) is 0.505. The van der Waals surface area contributed by atoms with Crippen molar-refractivity contribution in [3.8, 4) is 0 Å². The summed E-state index contributed by atoms with van der Waals surface area (Å²) in [7, 11) is 0. The largest absolute Gasteiger partial charge is 0.427 e. The molecule has 1 aromatic rings. The minimum absolute atomic E-state index is 0.636. The SMILES string of the molecule is CCNCc1nnco1. The van der Waals surface area contributed by atoms with E-state index in [9.17, 15) is 0 Å². The second-order valence-electron chi connectivity index (χ2n) is 1.61. The Morgan fingerprint density at radius 3 is 3.22 bits per heavy atom. The van der Waals surface area contributed by atoms with E-state index in [2.05, 4.69) is 15.5 Å². The molecule has 1 N–H and O–H groups in total. The summed E-state index contributed by atoms with van der Waals surface area (Å²) in [4.78, 5) is 0. The molecule has 0 aliphatic rings. The number of nitrogens with zero attached hydrogens (tertiary/aromatic N) is 2. The first kappa shape index (κ1) is 6.22. The van der Waals surface area contributed by atoms with E-state index in [1.165, 1.54) is 6.39 Å². The zero-order chi connectivity index (χ0) is 6.53. The Balaban J connectivity index is 2.30. The monoisotopic (exact) mass is 127 g/mol. The third kappa shape index (κ3) is 1.81. The van der Waals surface area contributed by atoms with E-state index in [4.69, 9.17) is 4.42 Å². The van der Waals surface area contributed by atoms with Crippen molar-refractivity contribution in [2.75, 3.05) is 6.54 Å². The molecule has 0 bridgehead atoms. The van der Waals surface area contributed by atoms with Crippen LogP contribution in [0.3, 0.4) is 0 Å². The average Bonchev–Trinajstić information content (AvgIpc) is 2.34. The minimum Gasteiger partial charge on any atom is -0.427 e. The molecule has 0 aliphatic heterocycles. The van der Waals surface area contributed by atoms with Crippen LogP contribution in [0, 0.1) is 0 Å². The van der Waals surface area contributed by atoms with Crippen molar-refractivity contribution in [1.29, 1.82) is 0 Å². The zero-order valence-electron chi connectivity index (χ0n) is 5.29. The molecule has 9 heavy (non-hydrogen) atoms. The van der Waals surface area contributed by atoms with Gasteiger partial charge in [-0.25, -0.2) is 0 Å². The summed E-state index contributed by atoms with van der Waals surface area (Å²) < 4.78 is 4.85. The molecule has 50 valence electrons. The van der Waals surface area contributed by atoms with E-state index in [-0.39, 0.29) is 0 Å². The van der Waals surface area contributed by atoms with Crippen LogP contribution in [0.5, 0.6) is 0 Å². The third-order valence-electron chi connectivity index (χ3n) is 0.931. The summed E-state index contributed by atoms with van der Waals surface area (Å²) in [6.07, 6.45) is 1.33. The van der Waals surface area contributed by atoms with Crippen LogP contribution in [0.4, 0.5) is 0 Å². The zero-order valence-corrected chi connectivity index (χ0v) is 5.29. The number of hydrogen-bond acceptors (Lipinski definition) is 4.